The Hall–Kier alpha value is -2.26. The molecule has 0 saturated heterocycles. The topological polar surface area (TPSA) is 92.3 Å². The van der Waals surface area contributed by atoms with Crippen LogP contribution in [0.3, 0.4) is 0 Å². The van der Waals surface area contributed by atoms with Crippen molar-refractivity contribution in [1.29, 1.82) is 0 Å². The van der Waals surface area contributed by atoms with Crippen LogP contribution in [0, 0.1) is 0 Å². The van der Waals surface area contributed by atoms with Crippen molar-refractivity contribution in [3.63, 3.8) is 0 Å². The van der Waals surface area contributed by atoms with Crippen molar-refractivity contribution in [3.8, 4) is 0 Å². The summed E-state index contributed by atoms with van der Waals surface area (Å²) >= 11 is 2.84. The summed E-state index contributed by atoms with van der Waals surface area (Å²) < 4.78 is 0. The van der Waals surface area contributed by atoms with Crippen molar-refractivity contribution in [1.82, 2.24) is 15.1 Å². The molecule has 1 N–H and O–H groups in total. The van der Waals surface area contributed by atoms with E-state index in [1.165, 1.54) is 11.3 Å². The molecule has 3 amide bonds. The molecule has 3 rings (SSSR count). The van der Waals surface area contributed by atoms with Gasteiger partial charge in [0.25, 0.3) is 11.8 Å². The first-order chi connectivity index (χ1) is 12.6. The monoisotopic (exact) mass is 390 g/mol. The Kier molecular flexibility index (Phi) is 5.67. The van der Waals surface area contributed by atoms with Gasteiger partial charge in [0.2, 0.25) is 11.0 Å². The van der Waals surface area contributed by atoms with E-state index in [2.05, 4.69) is 15.5 Å². The molecule has 0 aliphatic carbocycles. The van der Waals surface area contributed by atoms with Gasteiger partial charge in [-0.3, -0.25) is 24.6 Å². The van der Waals surface area contributed by atoms with E-state index in [0.29, 0.717) is 28.4 Å². The van der Waals surface area contributed by atoms with Crippen molar-refractivity contribution in [3.05, 3.63) is 40.4 Å². The van der Waals surface area contributed by atoms with Crippen LogP contribution in [0.15, 0.2) is 24.3 Å². The zero-order chi connectivity index (χ0) is 18.7. The second-order valence-corrected chi connectivity index (χ2v) is 7.71. The van der Waals surface area contributed by atoms with Gasteiger partial charge < -0.3 is 0 Å². The van der Waals surface area contributed by atoms with E-state index in [1.807, 2.05) is 13.2 Å². The number of imide groups is 1. The van der Waals surface area contributed by atoms with Crippen LogP contribution in [0.1, 0.15) is 39.1 Å². The van der Waals surface area contributed by atoms with Gasteiger partial charge in [-0.15, -0.1) is 10.2 Å². The predicted molar refractivity (Wildman–Crippen MR) is 102 cm³/mol. The molecule has 1 aliphatic rings. The van der Waals surface area contributed by atoms with Crippen molar-refractivity contribution >= 4 is 46.0 Å². The minimum Gasteiger partial charge on any atom is -0.299 e. The zero-order valence-electron chi connectivity index (χ0n) is 14.4. The molecule has 1 aromatic heterocycles. The molecule has 0 unspecified atom stereocenters. The molecule has 2 aromatic rings. The van der Waals surface area contributed by atoms with E-state index >= 15 is 0 Å². The molecule has 7 nitrogen and oxygen atoms in total. The number of carbonyl (C=O) groups excluding carboxylic acids is 3. The number of carbonyl (C=O) groups is 3. The van der Waals surface area contributed by atoms with E-state index in [4.69, 9.17) is 0 Å². The van der Waals surface area contributed by atoms with E-state index in [9.17, 15) is 14.4 Å². The van der Waals surface area contributed by atoms with Gasteiger partial charge in [-0.05, 0) is 37.0 Å². The normalized spacial score (nSPS) is 14.5. The van der Waals surface area contributed by atoms with Crippen LogP contribution in [0.5, 0.6) is 0 Å². The lowest BCUT2D eigenvalue weighted by atomic mass is 10.1. The number of fused-ring (bicyclic) bond motifs is 1. The summed E-state index contributed by atoms with van der Waals surface area (Å²) in [6, 6.07) is 5.74. The number of thioether (sulfide) groups is 1. The van der Waals surface area contributed by atoms with Crippen LogP contribution in [0.4, 0.5) is 5.13 Å². The minimum absolute atomic E-state index is 0.337. The second kappa shape index (κ2) is 7.96. The summed E-state index contributed by atoms with van der Waals surface area (Å²) in [5.74, 6) is -0.647. The number of aromatic nitrogens is 2. The number of hydrogen-bond donors (Lipinski definition) is 1. The number of rotatable bonds is 7. The molecule has 0 spiro atoms. The fourth-order valence-electron chi connectivity index (χ4n) is 2.73. The van der Waals surface area contributed by atoms with Crippen LogP contribution in [0.25, 0.3) is 0 Å². The summed E-state index contributed by atoms with van der Waals surface area (Å²) in [4.78, 5) is 39.3. The highest BCUT2D eigenvalue weighted by Crippen LogP contribution is 2.27. The van der Waals surface area contributed by atoms with Crippen molar-refractivity contribution < 1.29 is 14.4 Å². The van der Waals surface area contributed by atoms with Gasteiger partial charge in [0.1, 0.15) is 11.0 Å². The third-order valence-corrected chi connectivity index (χ3v) is 5.66. The molecule has 0 radical (unpaired) electrons. The Morgan fingerprint density at radius 3 is 2.42 bits per heavy atom. The average Bonchev–Trinajstić information content (AvgIpc) is 3.20. The largest absolute Gasteiger partial charge is 0.299 e. The molecular weight excluding hydrogens is 372 g/mol. The van der Waals surface area contributed by atoms with Gasteiger partial charge in [-0.25, -0.2) is 0 Å². The summed E-state index contributed by atoms with van der Waals surface area (Å²) in [5.41, 5.74) is 0.673. The molecule has 2 heterocycles. The summed E-state index contributed by atoms with van der Waals surface area (Å²) in [6.45, 7) is 1.95. The Balaban J connectivity index is 1.85. The molecule has 0 fully saturated rings. The Bertz CT molecular complexity index is 817. The molecule has 0 saturated carbocycles. The highest BCUT2D eigenvalue weighted by Gasteiger charge is 2.42. The third-order valence-electron chi connectivity index (χ3n) is 4.03. The molecule has 1 aliphatic heterocycles. The summed E-state index contributed by atoms with van der Waals surface area (Å²) in [7, 11) is 0. The fourth-order valence-corrected chi connectivity index (χ4v) is 3.87. The van der Waals surface area contributed by atoms with Gasteiger partial charge in [0, 0.05) is 0 Å². The number of anilines is 1. The highest BCUT2D eigenvalue weighted by molar-refractivity contribution is 7.98. The quantitative estimate of drug-likeness (QED) is 0.730. The molecule has 0 bridgehead atoms. The van der Waals surface area contributed by atoms with Crippen LogP contribution in [0.2, 0.25) is 0 Å². The number of hydrogen-bond acceptors (Lipinski definition) is 7. The van der Waals surface area contributed by atoms with Gasteiger partial charge in [-0.1, -0.05) is 30.4 Å². The Morgan fingerprint density at radius 2 is 1.88 bits per heavy atom. The highest BCUT2D eigenvalue weighted by atomic mass is 32.2. The van der Waals surface area contributed by atoms with Crippen molar-refractivity contribution in [2.24, 2.45) is 0 Å². The molecule has 1 aromatic carbocycles. The zero-order valence-corrected chi connectivity index (χ0v) is 16.0. The van der Waals surface area contributed by atoms with Gasteiger partial charge in [-0.2, -0.15) is 11.8 Å². The van der Waals surface area contributed by atoms with Crippen molar-refractivity contribution in [2.75, 3.05) is 17.3 Å². The number of benzene rings is 1. The Morgan fingerprint density at radius 1 is 1.23 bits per heavy atom. The van der Waals surface area contributed by atoms with Gasteiger partial charge >= 0.3 is 0 Å². The number of aryl methyl sites for hydroxylation is 1. The standard InChI is InChI=1S/C17H18N4O3S2/c1-3-13-19-20-17(26-13)18-14(22)12(8-9-25-2)21-15(23)10-6-4-5-7-11(10)16(21)24/h4-7,12H,3,8-9H2,1-2H3,(H,18,20,22)/t12-/m1/s1. The number of amides is 3. The van der Waals surface area contributed by atoms with E-state index in [1.54, 1.807) is 36.0 Å². The van der Waals surface area contributed by atoms with Crippen LogP contribution in [-0.4, -0.2) is 50.9 Å². The summed E-state index contributed by atoms with van der Waals surface area (Å²) in [6.07, 6.45) is 3.01. The Labute approximate surface area is 159 Å². The first-order valence-corrected chi connectivity index (χ1v) is 10.4. The lowest BCUT2D eigenvalue weighted by molar-refractivity contribution is -0.120. The SMILES string of the molecule is CCc1nnc(NC(=O)[C@@H](CCSC)N2C(=O)c3ccccc3C2=O)s1. The number of nitrogens with zero attached hydrogens (tertiary/aromatic N) is 3. The maximum Gasteiger partial charge on any atom is 0.262 e. The maximum atomic E-state index is 12.8. The molecule has 1 atom stereocenters. The van der Waals surface area contributed by atoms with Crippen LogP contribution < -0.4 is 5.32 Å². The maximum absolute atomic E-state index is 12.8. The second-order valence-electron chi connectivity index (χ2n) is 5.67. The molecular formula is C17H18N4O3S2. The minimum atomic E-state index is -0.885. The third kappa shape index (κ3) is 3.49. The summed E-state index contributed by atoms with van der Waals surface area (Å²) in [5, 5.41) is 11.8. The smallest absolute Gasteiger partial charge is 0.262 e. The number of nitrogens with one attached hydrogen (secondary N) is 1. The molecule has 26 heavy (non-hydrogen) atoms. The lowest BCUT2D eigenvalue weighted by Gasteiger charge is -2.24. The van der Waals surface area contributed by atoms with Crippen molar-refractivity contribution in [2.45, 2.75) is 25.8 Å². The van der Waals surface area contributed by atoms with E-state index in [-0.39, 0.29) is 0 Å². The van der Waals surface area contributed by atoms with Gasteiger partial charge in [0.15, 0.2) is 0 Å². The van der Waals surface area contributed by atoms with E-state index < -0.39 is 23.8 Å². The fraction of sp³-hybridized carbons (Fsp3) is 0.353. The first kappa shape index (κ1) is 18.5. The van der Waals surface area contributed by atoms with E-state index in [0.717, 1.165) is 16.3 Å². The molecule has 9 heteroatoms. The molecule has 136 valence electrons. The van der Waals surface area contributed by atoms with Crippen LogP contribution >= 0.6 is 23.1 Å². The first-order valence-electron chi connectivity index (χ1n) is 8.16. The van der Waals surface area contributed by atoms with Crippen LogP contribution in [-0.2, 0) is 11.2 Å². The lowest BCUT2D eigenvalue weighted by Crippen LogP contribution is -2.47. The average molecular weight is 390 g/mol. The van der Waals surface area contributed by atoms with Gasteiger partial charge in [0.05, 0.1) is 11.1 Å². The predicted octanol–water partition coefficient (Wildman–Crippen LogP) is 2.46.